The lowest BCUT2D eigenvalue weighted by molar-refractivity contribution is 0.0978. The Morgan fingerprint density at radius 1 is 1.04 bits per heavy atom. The fourth-order valence-electron chi connectivity index (χ4n) is 2.18. The third-order valence-corrected chi connectivity index (χ3v) is 9.50. The van der Waals surface area contributed by atoms with Gasteiger partial charge in [-0.15, -0.1) is 0 Å². The molecule has 0 spiro atoms. The van der Waals surface area contributed by atoms with E-state index in [1.807, 2.05) is 42.5 Å². The van der Waals surface area contributed by atoms with Gasteiger partial charge in [-0.25, -0.2) is 4.99 Å². The molecule has 120 valence electrons. The summed E-state index contributed by atoms with van der Waals surface area (Å²) in [6.07, 6.45) is 2.09. The van der Waals surface area contributed by atoms with Crippen molar-refractivity contribution in [1.82, 2.24) is 5.32 Å². The highest BCUT2D eigenvalue weighted by molar-refractivity contribution is 9.20. The summed E-state index contributed by atoms with van der Waals surface area (Å²) in [6, 6.07) is 17.0. The van der Waals surface area contributed by atoms with Gasteiger partial charge < -0.3 is 5.32 Å². The lowest BCUT2D eigenvalue weighted by Gasteiger charge is -2.07. The molecule has 0 radical (unpaired) electrons. The number of hydrogen-bond acceptors (Lipinski definition) is 4. The van der Waals surface area contributed by atoms with Gasteiger partial charge in [0.05, 0.1) is 0 Å². The Bertz CT molecular complexity index is 905. The van der Waals surface area contributed by atoms with Crippen LogP contribution in [0.5, 0.6) is 0 Å². The van der Waals surface area contributed by atoms with Gasteiger partial charge in [-0.05, 0) is 55.2 Å². The molecule has 0 bridgehead atoms. The van der Waals surface area contributed by atoms with Gasteiger partial charge >= 0.3 is 0 Å². The molecule has 2 aromatic carbocycles. The van der Waals surface area contributed by atoms with E-state index in [1.54, 1.807) is 33.7 Å². The number of carbonyl (C=O) groups excluding carboxylic acids is 1. The number of aliphatic imine (C=N–C) groups is 1. The molecule has 3 nitrogen and oxygen atoms in total. The first-order valence-electron chi connectivity index (χ1n) is 7.10. The molecule has 0 saturated heterocycles. The zero-order valence-corrected chi connectivity index (χ0v) is 15.4. The molecular formula is C17H11ClN2OS3. The summed E-state index contributed by atoms with van der Waals surface area (Å²) in [4.78, 5) is 19.0. The molecule has 7 heteroatoms. The first-order chi connectivity index (χ1) is 11.7. The summed E-state index contributed by atoms with van der Waals surface area (Å²) < 4.78 is 0. The number of rotatable bonds is 2. The molecule has 24 heavy (non-hydrogen) atoms. The fraction of sp³-hybridized carbons (Fsp3) is 0. The monoisotopic (exact) mass is 390 g/mol. The van der Waals surface area contributed by atoms with Crippen LogP contribution >= 0.6 is 41.7 Å². The van der Waals surface area contributed by atoms with Gasteiger partial charge in [0.15, 0.2) is 5.17 Å². The van der Waals surface area contributed by atoms with Gasteiger partial charge in [0.25, 0.3) is 5.91 Å². The summed E-state index contributed by atoms with van der Waals surface area (Å²) in [5.74, 6) is -0.126. The zero-order valence-electron chi connectivity index (χ0n) is 12.2. The van der Waals surface area contributed by atoms with Crippen molar-refractivity contribution in [3.8, 4) is 0 Å². The second-order valence-electron chi connectivity index (χ2n) is 4.99. The largest absolute Gasteiger partial charge is 0.300 e. The Labute approximate surface area is 154 Å². The Morgan fingerprint density at radius 3 is 2.50 bits per heavy atom. The van der Waals surface area contributed by atoms with E-state index >= 15 is 0 Å². The van der Waals surface area contributed by atoms with E-state index in [4.69, 9.17) is 11.6 Å². The standard InChI is InChI=1S/C17H11ClN2OS3/c18-13-8-6-11(7-9-13)14-10-15-19-17(23-24(15)22-14)20-16(21)12-4-2-1-3-5-12/h1-10H,(H,19,20,21). The Hall–Kier alpha value is -1.47. The highest BCUT2D eigenvalue weighted by atomic mass is 35.5. The van der Waals surface area contributed by atoms with E-state index in [-0.39, 0.29) is 14.5 Å². The van der Waals surface area contributed by atoms with Crippen molar-refractivity contribution >= 4 is 62.7 Å². The molecule has 0 aliphatic carbocycles. The molecule has 1 unspecified atom stereocenters. The maximum atomic E-state index is 12.2. The van der Waals surface area contributed by atoms with Crippen molar-refractivity contribution in [1.29, 1.82) is 0 Å². The SMILES string of the molecule is O=C(NC1=NC2=S(SC(c3ccc(Cl)cc3)=C2)S1)c1ccccc1. The number of nitrogens with zero attached hydrogens (tertiary/aromatic N) is 1. The quantitative estimate of drug-likeness (QED) is 0.566. The van der Waals surface area contributed by atoms with Crippen LogP contribution in [-0.2, 0) is 0 Å². The number of halogens is 1. The maximum Gasteiger partial charge on any atom is 0.257 e. The molecule has 2 aromatic rings. The lowest BCUT2D eigenvalue weighted by atomic mass is 10.2. The molecular weight excluding hydrogens is 380 g/mol. The first kappa shape index (κ1) is 16.0. The molecule has 4 rings (SSSR count). The summed E-state index contributed by atoms with van der Waals surface area (Å²) in [7, 11) is 3.27. The van der Waals surface area contributed by atoms with Gasteiger partial charge in [-0.1, -0.05) is 52.7 Å². The first-order valence-corrected chi connectivity index (χ1v) is 11.4. The van der Waals surface area contributed by atoms with E-state index in [0.29, 0.717) is 10.7 Å². The minimum atomic E-state index is -0.126. The second-order valence-corrected chi connectivity index (χ2v) is 11.1. The van der Waals surface area contributed by atoms with Crippen molar-refractivity contribution in [2.24, 2.45) is 4.99 Å². The average Bonchev–Trinajstić information content (AvgIpc) is 3.14. The van der Waals surface area contributed by atoms with E-state index < -0.39 is 0 Å². The number of benzene rings is 2. The van der Waals surface area contributed by atoms with E-state index in [0.717, 1.165) is 15.6 Å². The molecule has 1 N–H and O–H groups in total. The van der Waals surface area contributed by atoms with E-state index in [9.17, 15) is 4.79 Å². The van der Waals surface area contributed by atoms with Crippen molar-refractivity contribution in [3.63, 3.8) is 0 Å². The number of nitrogens with one attached hydrogen (secondary N) is 1. The van der Waals surface area contributed by atoms with Crippen LogP contribution in [0.2, 0.25) is 5.02 Å². The smallest absolute Gasteiger partial charge is 0.257 e. The molecule has 2 heterocycles. The summed E-state index contributed by atoms with van der Waals surface area (Å²) in [5.41, 5.74) is 1.78. The van der Waals surface area contributed by atoms with Crippen LogP contribution in [0.3, 0.4) is 0 Å². The normalized spacial score (nSPS) is 18.9. The second kappa shape index (κ2) is 6.80. The van der Waals surface area contributed by atoms with E-state index in [1.165, 1.54) is 4.91 Å². The summed E-state index contributed by atoms with van der Waals surface area (Å²) in [5, 5.41) is 4.29. The zero-order chi connectivity index (χ0) is 16.5. The van der Waals surface area contributed by atoms with Crippen LogP contribution in [-0.4, -0.2) is 16.1 Å². The van der Waals surface area contributed by atoms with Crippen LogP contribution in [0.4, 0.5) is 0 Å². The molecule has 0 saturated carbocycles. The van der Waals surface area contributed by atoms with Crippen LogP contribution in [0, 0.1) is 0 Å². The third kappa shape index (κ3) is 3.32. The Balaban J connectivity index is 1.47. The van der Waals surface area contributed by atoms with Crippen LogP contribution in [0.15, 0.2) is 65.7 Å². The van der Waals surface area contributed by atoms with Crippen LogP contribution < -0.4 is 5.32 Å². The predicted molar refractivity (Wildman–Crippen MR) is 109 cm³/mol. The van der Waals surface area contributed by atoms with Crippen molar-refractivity contribution < 1.29 is 4.79 Å². The van der Waals surface area contributed by atoms with Gasteiger partial charge in [0, 0.05) is 15.5 Å². The number of amides is 1. The fourth-order valence-corrected chi connectivity index (χ4v) is 8.25. The number of carbonyl (C=O) groups is 1. The minimum Gasteiger partial charge on any atom is -0.300 e. The van der Waals surface area contributed by atoms with Crippen LogP contribution in [0.25, 0.3) is 4.91 Å². The van der Waals surface area contributed by atoms with Crippen molar-refractivity contribution in [2.75, 3.05) is 0 Å². The number of amidine groups is 1. The third-order valence-electron chi connectivity index (χ3n) is 3.34. The number of hydrogen-bond donors (Lipinski definition) is 1. The minimum absolute atomic E-state index is 0.101. The Kier molecular flexibility index (Phi) is 4.54. The maximum absolute atomic E-state index is 12.2. The van der Waals surface area contributed by atoms with Crippen molar-refractivity contribution in [2.45, 2.75) is 0 Å². The lowest BCUT2D eigenvalue weighted by Crippen LogP contribution is -2.27. The van der Waals surface area contributed by atoms with Gasteiger partial charge in [0.2, 0.25) is 0 Å². The molecule has 1 amide bonds. The van der Waals surface area contributed by atoms with Crippen LogP contribution in [0.1, 0.15) is 15.9 Å². The highest BCUT2D eigenvalue weighted by Gasteiger charge is 2.26. The highest BCUT2D eigenvalue weighted by Crippen LogP contribution is 2.58. The molecule has 1 atom stereocenters. The Morgan fingerprint density at radius 2 is 1.79 bits per heavy atom. The molecule has 2 aliphatic heterocycles. The predicted octanol–water partition coefficient (Wildman–Crippen LogP) is 5.19. The molecule has 2 aliphatic rings. The van der Waals surface area contributed by atoms with E-state index in [2.05, 4.69) is 16.4 Å². The van der Waals surface area contributed by atoms with Crippen molar-refractivity contribution in [3.05, 3.63) is 76.8 Å². The average molecular weight is 391 g/mol. The summed E-state index contributed by atoms with van der Waals surface area (Å²) in [6.45, 7) is 0. The molecule has 0 aromatic heterocycles. The molecule has 0 fully saturated rings. The van der Waals surface area contributed by atoms with Gasteiger partial charge in [-0.3, -0.25) is 4.79 Å². The summed E-state index contributed by atoms with van der Waals surface area (Å²) >= 11 is 5.94. The van der Waals surface area contributed by atoms with Gasteiger partial charge in [-0.2, -0.15) is 0 Å². The van der Waals surface area contributed by atoms with Gasteiger partial charge in [0.1, 0.15) is 4.99 Å². The topological polar surface area (TPSA) is 41.5 Å².